The number of carbonyl (C=O) groups is 1. The SMILES string of the molecule is Cc1cc(=O)c(C(=O)Nc2cccc(CSC3CCCC3)c2)c[nH]1. The zero-order valence-electron chi connectivity index (χ0n) is 13.8. The molecule has 1 aliphatic carbocycles. The summed E-state index contributed by atoms with van der Waals surface area (Å²) in [5, 5.41) is 3.59. The van der Waals surface area contributed by atoms with Gasteiger partial charge in [-0.05, 0) is 37.5 Å². The summed E-state index contributed by atoms with van der Waals surface area (Å²) in [6, 6.07) is 9.30. The summed E-state index contributed by atoms with van der Waals surface area (Å²) in [6.07, 6.45) is 6.79. The number of carbonyl (C=O) groups excluding carboxylic acids is 1. The zero-order valence-corrected chi connectivity index (χ0v) is 14.6. The first kappa shape index (κ1) is 16.8. The lowest BCUT2D eigenvalue weighted by molar-refractivity contribution is 0.102. The van der Waals surface area contributed by atoms with Crippen LogP contribution < -0.4 is 10.7 Å². The number of H-pyrrole nitrogens is 1. The van der Waals surface area contributed by atoms with E-state index in [4.69, 9.17) is 0 Å². The van der Waals surface area contributed by atoms with E-state index in [0.29, 0.717) is 0 Å². The maximum atomic E-state index is 12.3. The number of pyridine rings is 1. The Labute approximate surface area is 146 Å². The highest BCUT2D eigenvalue weighted by atomic mass is 32.2. The number of amides is 1. The molecule has 3 rings (SSSR count). The number of hydrogen-bond donors (Lipinski definition) is 2. The standard InChI is InChI=1S/C19H22N2O2S/c1-13-9-18(22)17(11-20-13)19(23)21-15-6-4-5-14(10-15)12-24-16-7-2-3-8-16/h4-6,9-11,16H,2-3,7-8,12H2,1H3,(H,20,22)(H,21,23). The third kappa shape index (κ3) is 4.29. The number of hydrogen-bond acceptors (Lipinski definition) is 3. The summed E-state index contributed by atoms with van der Waals surface area (Å²) in [6.45, 7) is 1.79. The van der Waals surface area contributed by atoms with E-state index in [0.717, 1.165) is 22.4 Å². The van der Waals surface area contributed by atoms with Crippen LogP contribution >= 0.6 is 11.8 Å². The number of nitrogens with one attached hydrogen (secondary N) is 2. The Morgan fingerprint density at radius 2 is 2.08 bits per heavy atom. The third-order valence-corrected chi connectivity index (χ3v) is 5.72. The zero-order chi connectivity index (χ0) is 16.9. The smallest absolute Gasteiger partial charge is 0.261 e. The molecule has 2 aromatic rings. The van der Waals surface area contributed by atoms with Crippen LogP contribution in [0, 0.1) is 6.92 Å². The average Bonchev–Trinajstić information content (AvgIpc) is 3.06. The predicted molar refractivity (Wildman–Crippen MR) is 99.7 cm³/mol. The van der Waals surface area contributed by atoms with Crippen molar-refractivity contribution in [2.24, 2.45) is 0 Å². The molecule has 4 nitrogen and oxygen atoms in total. The first-order chi connectivity index (χ1) is 11.6. The van der Waals surface area contributed by atoms with E-state index >= 15 is 0 Å². The van der Waals surface area contributed by atoms with Crippen molar-refractivity contribution in [1.82, 2.24) is 4.98 Å². The van der Waals surface area contributed by atoms with Crippen molar-refractivity contribution in [3.05, 3.63) is 63.6 Å². The van der Waals surface area contributed by atoms with Gasteiger partial charge in [-0.1, -0.05) is 25.0 Å². The van der Waals surface area contributed by atoms with Gasteiger partial charge >= 0.3 is 0 Å². The molecule has 0 saturated heterocycles. The van der Waals surface area contributed by atoms with Crippen molar-refractivity contribution >= 4 is 23.4 Å². The summed E-state index contributed by atoms with van der Waals surface area (Å²) in [5.41, 5.74) is 2.53. The van der Waals surface area contributed by atoms with Crippen molar-refractivity contribution in [3.8, 4) is 0 Å². The van der Waals surface area contributed by atoms with E-state index in [1.807, 2.05) is 30.0 Å². The maximum absolute atomic E-state index is 12.3. The number of aryl methyl sites for hydroxylation is 1. The van der Waals surface area contributed by atoms with Gasteiger partial charge in [-0.2, -0.15) is 11.8 Å². The van der Waals surface area contributed by atoms with Gasteiger partial charge in [0.25, 0.3) is 5.91 Å². The topological polar surface area (TPSA) is 62.0 Å². The van der Waals surface area contributed by atoms with Crippen LogP contribution in [0.15, 0.2) is 41.3 Å². The number of benzene rings is 1. The highest BCUT2D eigenvalue weighted by Gasteiger charge is 2.15. The van der Waals surface area contributed by atoms with Crippen molar-refractivity contribution in [3.63, 3.8) is 0 Å². The van der Waals surface area contributed by atoms with Gasteiger partial charge in [0.2, 0.25) is 0 Å². The Balaban J connectivity index is 1.65. The number of rotatable bonds is 5. The molecule has 1 aromatic heterocycles. The van der Waals surface area contributed by atoms with Gasteiger partial charge in [0, 0.05) is 34.6 Å². The minimum absolute atomic E-state index is 0.131. The van der Waals surface area contributed by atoms with Crippen LogP contribution in [0.4, 0.5) is 5.69 Å². The molecule has 0 radical (unpaired) electrons. The number of aromatic nitrogens is 1. The molecule has 5 heteroatoms. The number of anilines is 1. The van der Waals surface area contributed by atoms with Gasteiger partial charge in [0.05, 0.1) is 0 Å². The van der Waals surface area contributed by atoms with E-state index in [1.165, 1.54) is 43.5 Å². The molecule has 0 unspecified atom stereocenters. The van der Waals surface area contributed by atoms with Crippen LogP contribution in [-0.4, -0.2) is 16.1 Å². The number of thioether (sulfide) groups is 1. The normalized spacial score (nSPS) is 14.7. The molecule has 24 heavy (non-hydrogen) atoms. The lowest BCUT2D eigenvalue weighted by atomic mass is 10.2. The monoisotopic (exact) mass is 342 g/mol. The third-order valence-electron chi connectivity index (χ3n) is 4.27. The molecule has 1 saturated carbocycles. The molecule has 0 atom stereocenters. The highest BCUT2D eigenvalue weighted by molar-refractivity contribution is 7.99. The van der Waals surface area contributed by atoms with Crippen molar-refractivity contribution in [2.75, 3.05) is 5.32 Å². The van der Waals surface area contributed by atoms with E-state index in [9.17, 15) is 9.59 Å². The molecule has 1 aliphatic rings. The van der Waals surface area contributed by atoms with E-state index in [-0.39, 0.29) is 16.9 Å². The molecule has 2 N–H and O–H groups in total. The fourth-order valence-corrected chi connectivity index (χ4v) is 4.23. The maximum Gasteiger partial charge on any atom is 0.261 e. The van der Waals surface area contributed by atoms with Gasteiger partial charge in [-0.15, -0.1) is 0 Å². The second kappa shape index (κ2) is 7.71. The van der Waals surface area contributed by atoms with Crippen LogP contribution in [0.3, 0.4) is 0 Å². The fraction of sp³-hybridized carbons (Fsp3) is 0.368. The van der Waals surface area contributed by atoms with Gasteiger partial charge < -0.3 is 10.3 Å². The Hall–Kier alpha value is -2.01. The Morgan fingerprint density at radius 1 is 1.29 bits per heavy atom. The van der Waals surface area contributed by atoms with E-state index in [1.54, 1.807) is 6.92 Å². The molecular weight excluding hydrogens is 320 g/mol. The Bertz CT molecular complexity index is 779. The Kier molecular flexibility index (Phi) is 5.41. The molecular formula is C19H22N2O2S. The van der Waals surface area contributed by atoms with Crippen LogP contribution in [-0.2, 0) is 5.75 Å². The fourth-order valence-electron chi connectivity index (χ4n) is 2.96. The molecule has 0 spiro atoms. The first-order valence-corrected chi connectivity index (χ1v) is 9.38. The van der Waals surface area contributed by atoms with Gasteiger partial charge in [0.15, 0.2) is 5.43 Å². The minimum atomic E-state index is -0.378. The van der Waals surface area contributed by atoms with Crippen molar-refractivity contribution in [2.45, 2.75) is 43.6 Å². The first-order valence-electron chi connectivity index (χ1n) is 8.33. The van der Waals surface area contributed by atoms with Crippen molar-refractivity contribution < 1.29 is 4.79 Å². The van der Waals surface area contributed by atoms with Gasteiger partial charge in [-0.25, -0.2) is 0 Å². The largest absolute Gasteiger partial charge is 0.364 e. The summed E-state index contributed by atoms with van der Waals surface area (Å²) in [7, 11) is 0. The second-order valence-corrected chi connectivity index (χ2v) is 7.55. The average molecular weight is 342 g/mol. The summed E-state index contributed by atoms with van der Waals surface area (Å²) < 4.78 is 0. The lowest BCUT2D eigenvalue weighted by Gasteiger charge is -2.10. The molecule has 0 bridgehead atoms. The molecule has 0 aliphatic heterocycles. The molecule has 126 valence electrons. The van der Waals surface area contributed by atoms with Crippen molar-refractivity contribution in [1.29, 1.82) is 0 Å². The Morgan fingerprint density at radius 3 is 2.83 bits per heavy atom. The lowest BCUT2D eigenvalue weighted by Crippen LogP contribution is -2.21. The predicted octanol–water partition coefficient (Wildman–Crippen LogP) is 4.11. The molecule has 1 fully saturated rings. The molecule has 1 heterocycles. The summed E-state index contributed by atoms with van der Waals surface area (Å²) in [4.78, 5) is 27.1. The summed E-state index contributed by atoms with van der Waals surface area (Å²) in [5.74, 6) is 0.580. The van der Waals surface area contributed by atoms with Gasteiger partial charge in [-0.3, -0.25) is 9.59 Å². The molecule has 1 amide bonds. The second-order valence-electron chi connectivity index (χ2n) is 6.27. The van der Waals surface area contributed by atoms with Crippen LogP contribution in [0.5, 0.6) is 0 Å². The highest BCUT2D eigenvalue weighted by Crippen LogP contribution is 2.31. The van der Waals surface area contributed by atoms with Crippen LogP contribution in [0.2, 0.25) is 0 Å². The summed E-state index contributed by atoms with van der Waals surface area (Å²) >= 11 is 2.00. The minimum Gasteiger partial charge on any atom is -0.364 e. The number of aromatic amines is 1. The van der Waals surface area contributed by atoms with E-state index < -0.39 is 0 Å². The van der Waals surface area contributed by atoms with Crippen LogP contribution in [0.25, 0.3) is 0 Å². The van der Waals surface area contributed by atoms with E-state index in [2.05, 4.69) is 16.4 Å². The molecule has 1 aromatic carbocycles. The van der Waals surface area contributed by atoms with Gasteiger partial charge in [0.1, 0.15) is 5.56 Å². The van der Waals surface area contributed by atoms with Crippen LogP contribution in [0.1, 0.15) is 47.3 Å². The quantitative estimate of drug-likeness (QED) is 0.859.